The molecule has 2 heterocycles. The van der Waals surface area contributed by atoms with Gasteiger partial charge >= 0.3 is 0 Å². The molecule has 0 bridgehead atoms. The first-order valence-corrected chi connectivity index (χ1v) is 9.03. The highest BCUT2D eigenvalue weighted by Crippen LogP contribution is 2.24. The standard InChI is InChI=1S/C22H19N5O2/c23-12-15-4-1-8-19(10-15)27-22(24)20(13-25-27)21(28)17-6-2-5-16(11-17)18-7-3-9-26(29)14-18/h1-11,13-14H,12,23-24H2. The number of carbonyl (C=O) groups excluding carboxylic acids is 1. The summed E-state index contributed by atoms with van der Waals surface area (Å²) in [5, 5.41) is 15.8. The van der Waals surface area contributed by atoms with Gasteiger partial charge in [-0.15, -0.1) is 0 Å². The van der Waals surface area contributed by atoms with Gasteiger partial charge in [0, 0.05) is 23.7 Å². The van der Waals surface area contributed by atoms with E-state index in [1.54, 1.807) is 24.3 Å². The molecule has 0 saturated heterocycles. The van der Waals surface area contributed by atoms with E-state index in [1.165, 1.54) is 23.3 Å². The zero-order valence-electron chi connectivity index (χ0n) is 15.5. The largest absolute Gasteiger partial charge is 0.619 e. The maximum absolute atomic E-state index is 13.1. The average molecular weight is 385 g/mol. The van der Waals surface area contributed by atoms with Crippen molar-refractivity contribution in [1.29, 1.82) is 0 Å². The van der Waals surface area contributed by atoms with Crippen LogP contribution in [0.1, 0.15) is 21.5 Å². The fraction of sp³-hybridized carbons (Fsp3) is 0.0455. The number of ketones is 1. The number of hydrogen-bond acceptors (Lipinski definition) is 5. The number of nitrogen functional groups attached to an aromatic ring is 1. The van der Waals surface area contributed by atoms with E-state index in [4.69, 9.17) is 11.5 Å². The lowest BCUT2D eigenvalue weighted by atomic mass is 10.00. The van der Waals surface area contributed by atoms with E-state index in [0.717, 1.165) is 27.1 Å². The Hall–Kier alpha value is -3.97. The van der Waals surface area contributed by atoms with Crippen LogP contribution in [0.15, 0.2) is 79.3 Å². The molecule has 7 nitrogen and oxygen atoms in total. The molecule has 4 N–H and O–H groups in total. The fourth-order valence-electron chi connectivity index (χ4n) is 3.17. The number of rotatable bonds is 5. The van der Waals surface area contributed by atoms with Gasteiger partial charge in [-0.2, -0.15) is 9.83 Å². The molecular formula is C22H19N5O2. The SMILES string of the molecule is NCc1cccc(-n2ncc(C(=O)c3cccc(-c4ccc[n+]([O-])c4)c3)c2N)c1. The van der Waals surface area contributed by atoms with Crippen molar-refractivity contribution >= 4 is 11.6 Å². The van der Waals surface area contributed by atoms with Gasteiger partial charge < -0.3 is 16.7 Å². The van der Waals surface area contributed by atoms with E-state index in [9.17, 15) is 10.0 Å². The molecule has 0 radical (unpaired) electrons. The molecule has 4 rings (SSSR count). The molecule has 2 aromatic heterocycles. The van der Waals surface area contributed by atoms with Gasteiger partial charge in [-0.1, -0.05) is 30.3 Å². The summed E-state index contributed by atoms with van der Waals surface area (Å²) in [7, 11) is 0. The monoisotopic (exact) mass is 385 g/mol. The second-order valence-corrected chi connectivity index (χ2v) is 6.59. The van der Waals surface area contributed by atoms with E-state index in [-0.39, 0.29) is 11.6 Å². The van der Waals surface area contributed by atoms with Crippen LogP contribution in [-0.2, 0) is 6.54 Å². The van der Waals surface area contributed by atoms with Crippen molar-refractivity contribution < 1.29 is 9.52 Å². The highest BCUT2D eigenvalue weighted by atomic mass is 16.5. The minimum absolute atomic E-state index is 0.239. The quantitative estimate of drug-likeness (QED) is 0.311. The molecule has 0 spiro atoms. The van der Waals surface area contributed by atoms with Crippen LogP contribution in [0.25, 0.3) is 16.8 Å². The van der Waals surface area contributed by atoms with Crippen LogP contribution in [0.5, 0.6) is 0 Å². The molecule has 0 aliphatic rings. The van der Waals surface area contributed by atoms with Crippen LogP contribution in [0, 0.1) is 5.21 Å². The zero-order chi connectivity index (χ0) is 20.4. The van der Waals surface area contributed by atoms with E-state index < -0.39 is 0 Å². The lowest BCUT2D eigenvalue weighted by Crippen LogP contribution is -2.23. The van der Waals surface area contributed by atoms with Crippen molar-refractivity contribution in [1.82, 2.24) is 9.78 Å². The van der Waals surface area contributed by atoms with Gasteiger partial charge in [0.15, 0.2) is 18.2 Å². The smallest absolute Gasteiger partial charge is 0.198 e. The van der Waals surface area contributed by atoms with Gasteiger partial charge in [-0.05, 0) is 35.4 Å². The highest BCUT2D eigenvalue weighted by Gasteiger charge is 2.18. The molecule has 2 aromatic carbocycles. The number of anilines is 1. The Labute approximate surface area is 167 Å². The predicted molar refractivity (Wildman–Crippen MR) is 110 cm³/mol. The van der Waals surface area contributed by atoms with Crippen molar-refractivity contribution in [3.8, 4) is 16.8 Å². The third kappa shape index (κ3) is 3.59. The summed E-state index contributed by atoms with van der Waals surface area (Å²) in [6.07, 6.45) is 4.33. The van der Waals surface area contributed by atoms with Crippen molar-refractivity contribution in [3.05, 3.63) is 101 Å². The first-order valence-electron chi connectivity index (χ1n) is 9.03. The number of nitrogens with zero attached hydrogens (tertiary/aromatic N) is 3. The molecule has 4 aromatic rings. The molecule has 0 atom stereocenters. The molecule has 0 amide bonds. The van der Waals surface area contributed by atoms with Gasteiger partial charge in [0.05, 0.1) is 17.4 Å². The van der Waals surface area contributed by atoms with Crippen molar-refractivity contribution in [2.75, 3.05) is 5.73 Å². The van der Waals surface area contributed by atoms with Crippen LogP contribution >= 0.6 is 0 Å². The van der Waals surface area contributed by atoms with Gasteiger partial charge in [-0.25, -0.2) is 4.68 Å². The third-order valence-corrected chi connectivity index (χ3v) is 4.68. The Morgan fingerprint density at radius 2 is 1.86 bits per heavy atom. The van der Waals surface area contributed by atoms with E-state index in [1.807, 2.05) is 36.4 Å². The number of benzene rings is 2. The maximum Gasteiger partial charge on any atom is 0.198 e. The highest BCUT2D eigenvalue weighted by molar-refractivity contribution is 6.12. The molecule has 29 heavy (non-hydrogen) atoms. The molecular weight excluding hydrogens is 366 g/mol. The number of pyridine rings is 1. The van der Waals surface area contributed by atoms with Gasteiger partial charge in [0.2, 0.25) is 0 Å². The molecule has 144 valence electrons. The average Bonchev–Trinajstić information content (AvgIpc) is 3.14. The summed E-state index contributed by atoms with van der Waals surface area (Å²) in [5.41, 5.74) is 15.9. The Bertz CT molecular complexity index is 1200. The van der Waals surface area contributed by atoms with Crippen LogP contribution < -0.4 is 16.2 Å². The summed E-state index contributed by atoms with van der Waals surface area (Å²) in [6, 6.07) is 18.1. The Morgan fingerprint density at radius 1 is 1.07 bits per heavy atom. The van der Waals surface area contributed by atoms with Gasteiger partial charge in [0.1, 0.15) is 5.82 Å². The normalized spacial score (nSPS) is 10.8. The van der Waals surface area contributed by atoms with Crippen LogP contribution in [-0.4, -0.2) is 15.6 Å². The molecule has 0 fully saturated rings. The molecule has 0 saturated carbocycles. The summed E-state index contributed by atoms with van der Waals surface area (Å²) >= 11 is 0. The summed E-state index contributed by atoms with van der Waals surface area (Å²) < 4.78 is 2.25. The fourth-order valence-corrected chi connectivity index (χ4v) is 3.17. The minimum atomic E-state index is -0.239. The van der Waals surface area contributed by atoms with Crippen molar-refractivity contribution in [2.45, 2.75) is 6.54 Å². The molecule has 0 aliphatic carbocycles. The first-order chi connectivity index (χ1) is 14.1. The molecule has 0 unspecified atom stereocenters. The maximum atomic E-state index is 13.1. The number of hydrogen-bond donors (Lipinski definition) is 2. The van der Waals surface area contributed by atoms with Crippen LogP contribution in [0.4, 0.5) is 5.82 Å². The number of carbonyl (C=O) groups is 1. The Balaban J connectivity index is 1.69. The van der Waals surface area contributed by atoms with E-state index in [2.05, 4.69) is 5.10 Å². The zero-order valence-corrected chi connectivity index (χ0v) is 15.5. The summed E-state index contributed by atoms with van der Waals surface area (Å²) in [5.74, 6) is 0.0168. The number of aromatic nitrogens is 3. The second-order valence-electron chi connectivity index (χ2n) is 6.59. The van der Waals surface area contributed by atoms with Gasteiger partial charge in [0.25, 0.3) is 0 Å². The number of nitrogens with two attached hydrogens (primary N) is 2. The minimum Gasteiger partial charge on any atom is -0.619 e. The summed E-state index contributed by atoms with van der Waals surface area (Å²) in [4.78, 5) is 13.1. The Morgan fingerprint density at radius 3 is 2.66 bits per heavy atom. The van der Waals surface area contributed by atoms with Crippen molar-refractivity contribution in [3.63, 3.8) is 0 Å². The topological polar surface area (TPSA) is 114 Å². The summed E-state index contributed by atoms with van der Waals surface area (Å²) in [6.45, 7) is 0.399. The Kier molecular flexibility index (Phi) is 4.80. The van der Waals surface area contributed by atoms with E-state index >= 15 is 0 Å². The predicted octanol–water partition coefficient (Wildman–Crippen LogP) is 2.44. The van der Waals surface area contributed by atoms with Gasteiger partial charge in [-0.3, -0.25) is 4.79 Å². The van der Waals surface area contributed by atoms with E-state index in [0.29, 0.717) is 17.7 Å². The van der Waals surface area contributed by atoms with Crippen molar-refractivity contribution in [2.24, 2.45) is 5.73 Å². The first kappa shape index (κ1) is 18.4. The lowest BCUT2D eigenvalue weighted by Gasteiger charge is -2.07. The molecule has 0 aliphatic heterocycles. The second kappa shape index (κ2) is 7.57. The lowest BCUT2D eigenvalue weighted by molar-refractivity contribution is -0.604. The van der Waals surface area contributed by atoms with Crippen LogP contribution in [0.3, 0.4) is 0 Å². The third-order valence-electron chi connectivity index (χ3n) is 4.68. The molecule has 7 heteroatoms. The van der Waals surface area contributed by atoms with Crippen LogP contribution in [0.2, 0.25) is 0 Å².